The third kappa shape index (κ3) is 4.32. The van der Waals surface area contributed by atoms with E-state index < -0.39 is 0 Å². The molecule has 0 aliphatic heterocycles. The van der Waals surface area contributed by atoms with Crippen molar-refractivity contribution in [2.75, 3.05) is 7.11 Å². The molecule has 2 amide bonds. The van der Waals surface area contributed by atoms with Crippen LogP contribution in [-0.4, -0.2) is 13.1 Å². The first-order valence-electron chi connectivity index (χ1n) is 8.82. The van der Waals surface area contributed by atoms with E-state index in [1.807, 2.05) is 25.1 Å². The lowest BCUT2D eigenvalue weighted by Gasteiger charge is -2.14. The van der Waals surface area contributed by atoms with Crippen molar-refractivity contribution in [3.05, 3.63) is 64.2 Å². The molecule has 132 valence electrons. The third-order valence-corrected chi connectivity index (χ3v) is 4.81. The minimum Gasteiger partial charge on any atom is -0.496 e. The highest BCUT2D eigenvalue weighted by molar-refractivity contribution is 5.74. The van der Waals surface area contributed by atoms with Crippen LogP contribution in [0, 0.1) is 13.8 Å². The summed E-state index contributed by atoms with van der Waals surface area (Å²) in [5.41, 5.74) is 5.96. The van der Waals surface area contributed by atoms with E-state index in [0.29, 0.717) is 19.0 Å². The topological polar surface area (TPSA) is 50.4 Å². The van der Waals surface area contributed by atoms with E-state index >= 15 is 0 Å². The van der Waals surface area contributed by atoms with Gasteiger partial charge in [-0.2, -0.15) is 0 Å². The summed E-state index contributed by atoms with van der Waals surface area (Å²) in [5.74, 6) is 1.52. The van der Waals surface area contributed by atoms with Gasteiger partial charge in [0.05, 0.1) is 7.11 Å². The number of carbonyl (C=O) groups excluding carboxylic acids is 1. The van der Waals surface area contributed by atoms with Gasteiger partial charge in [0.15, 0.2) is 0 Å². The number of rotatable bonds is 6. The molecule has 4 nitrogen and oxygen atoms in total. The summed E-state index contributed by atoms with van der Waals surface area (Å²) in [7, 11) is 1.66. The van der Waals surface area contributed by atoms with Gasteiger partial charge < -0.3 is 15.4 Å². The number of amides is 2. The zero-order chi connectivity index (χ0) is 17.8. The van der Waals surface area contributed by atoms with Crippen molar-refractivity contribution in [3.63, 3.8) is 0 Å². The molecule has 25 heavy (non-hydrogen) atoms. The van der Waals surface area contributed by atoms with Crippen LogP contribution in [0.2, 0.25) is 0 Å². The Kier molecular flexibility index (Phi) is 5.27. The molecular weight excluding hydrogens is 312 g/mol. The zero-order valence-electron chi connectivity index (χ0n) is 15.2. The van der Waals surface area contributed by atoms with Crippen LogP contribution in [-0.2, 0) is 13.1 Å². The summed E-state index contributed by atoms with van der Waals surface area (Å²) >= 11 is 0. The second-order valence-corrected chi connectivity index (χ2v) is 6.76. The molecule has 0 unspecified atom stereocenters. The fourth-order valence-electron chi connectivity index (χ4n) is 3.17. The standard InChI is InChI=1S/C21H26N2O2/c1-14-7-10-19(16-8-9-16)18(11-14)13-23-21(24)22-12-17-5-4-6-20(25-3)15(17)2/h4-7,10-11,16H,8-9,12-13H2,1-3H3,(H2,22,23,24). The first-order valence-corrected chi connectivity index (χ1v) is 8.82. The van der Waals surface area contributed by atoms with Gasteiger partial charge in [-0.25, -0.2) is 4.79 Å². The van der Waals surface area contributed by atoms with Gasteiger partial charge in [-0.3, -0.25) is 0 Å². The molecule has 1 aliphatic carbocycles. The van der Waals surface area contributed by atoms with Crippen LogP contribution >= 0.6 is 0 Å². The highest BCUT2D eigenvalue weighted by Gasteiger charge is 2.25. The molecule has 0 saturated heterocycles. The average molecular weight is 338 g/mol. The molecule has 0 bridgehead atoms. The maximum absolute atomic E-state index is 12.2. The summed E-state index contributed by atoms with van der Waals surface area (Å²) in [4.78, 5) is 12.2. The van der Waals surface area contributed by atoms with E-state index in [9.17, 15) is 4.79 Å². The Morgan fingerprint density at radius 1 is 1.08 bits per heavy atom. The SMILES string of the molecule is COc1cccc(CNC(=O)NCc2cc(C)ccc2C2CC2)c1C. The van der Waals surface area contributed by atoms with Crippen LogP contribution in [0.1, 0.15) is 46.6 Å². The van der Waals surface area contributed by atoms with E-state index in [1.165, 1.54) is 29.5 Å². The Bertz CT molecular complexity index is 766. The van der Waals surface area contributed by atoms with Gasteiger partial charge in [-0.15, -0.1) is 0 Å². The van der Waals surface area contributed by atoms with Crippen molar-refractivity contribution in [2.24, 2.45) is 0 Å². The predicted molar refractivity (Wildman–Crippen MR) is 100.0 cm³/mol. The Morgan fingerprint density at radius 3 is 2.48 bits per heavy atom. The first-order chi connectivity index (χ1) is 12.1. The van der Waals surface area contributed by atoms with Crippen LogP contribution in [0.3, 0.4) is 0 Å². The quantitative estimate of drug-likeness (QED) is 0.830. The van der Waals surface area contributed by atoms with Crippen LogP contribution < -0.4 is 15.4 Å². The second kappa shape index (κ2) is 7.60. The fraction of sp³-hybridized carbons (Fsp3) is 0.381. The average Bonchev–Trinajstić information content (AvgIpc) is 3.44. The van der Waals surface area contributed by atoms with Crippen molar-refractivity contribution in [1.29, 1.82) is 0 Å². The molecule has 1 fully saturated rings. The Morgan fingerprint density at radius 2 is 1.80 bits per heavy atom. The summed E-state index contributed by atoms with van der Waals surface area (Å²) < 4.78 is 5.32. The number of aryl methyl sites for hydroxylation is 1. The maximum atomic E-state index is 12.2. The largest absolute Gasteiger partial charge is 0.496 e. The molecule has 2 N–H and O–H groups in total. The number of ether oxygens (including phenoxy) is 1. The van der Waals surface area contributed by atoms with E-state index in [1.54, 1.807) is 7.11 Å². The number of benzene rings is 2. The zero-order valence-corrected chi connectivity index (χ0v) is 15.2. The fourth-order valence-corrected chi connectivity index (χ4v) is 3.17. The molecule has 1 saturated carbocycles. The maximum Gasteiger partial charge on any atom is 0.315 e. The minimum absolute atomic E-state index is 0.148. The number of carbonyl (C=O) groups is 1. The number of hydrogen-bond acceptors (Lipinski definition) is 2. The molecule has 1 aliphatic rings. The molecular formula is C21H26N2O2. The summed E-state index contributed by atoms with van der Waals surface area (Å²) in [5, 5.41) is 5.92. The molecule has 2 aromatic carbocycles. The lowest BCUT2D eigenvalue weighted by Crippen LogP contribution is -2.35. The van der Waals surface area contributed by atoms with E-state index in [4.69, 9.17) is 4.74 Å². The monoisotopic (exact) mass is 338 g/mol. The lowest BCUT2D eigenvalue weighted by atomic mass is 10.0. The Labute approximate surface area is 149 Å². The minimum atomic E-state index is -0.148. The predicted octanol–water partition coefficient (Wildman–Crippen LogP) is 4.19. The van der Waals surface area contributed by atoms with Gasteiger partial charge in [0, 0.05) is 13.1 Å². The molecule has 0 radical (unpaired) electrons. The molecule has 0 aromatic heterocycles. The van der Waals surface area contributed by atoms with Gasteiger partial charge in [0.1, 0.15) is 5.75 Å². The normalized spacial score (nSPS) is 13.4. The van der Waals surface area contributed by atoms with E-state index in [2.05, 4.69) is 35.8 Å². The highest BCUT2D eigenvalue weighted by Crippen LogP contribution is 2.41. The first kappa shape index (κ1) is 17.3. The molecule has 4 heteroatoms. The number of methoxy groups -OCH3 is 1. The Balaban J connectivity index is 1.56. The highest BCUT2D eigenvalue weighted by atomic mass is 16.5. The number of nitrogens with one attached hydrogen (secondary N) is 2. The van der Waals surface area contributed by atoms with Crippen LogP contribution in [0.15, 0.2) is 36.4 Å². The van der Waals surface area contributed by atoms with Crippen LogP contribution in [0.5, 0.6) is 5.75 Å². The molecule has 2 aromatic rings. The third-order valence-electron chi connectivity index (χ3n) is 4.81. The van der Waals surface area contributed by atoms with Crippen molar-refractivity contribution in [1.82, 2.24) is 10.6 Å². The number of urea groups is 1. The molecule has 3 rings (SSSR count). The lowest BCUT2D eigenvalue weighted by molar-refractivity contribution is 0.240. The van der Waals surface area contributed by atoms with Crippen LogP contribution in [0.4, 0.5) is 4.79 Å². The van der Waals surface area contributed by atoms with Crippen molar-refractivity contribution < 1.29 is 9.53 Å². The summed E-state index contributed by atoms with van der Waals surface area (Å²) in [6.07, 6.45) is 2.52. The van der Waals surface area contributed by atoms with Crippen LogP contribution in [0.25, 0.3) is 0 Å². The van der Waals surface area contributed by atoms with Gasteiger partial charge in [0.25, 0.3) is 0 Å². The van der Waals surface area contributed by atoms with Gasteiger partial charge >= 0.3 is 6.03 Å². The van der Waals surface area contributed by atoms with Crippen molar-refractivity contribution in [3.8, 4) is 5.75 Å². The van der Waals surface area contributed by atoms with Gasteiger partial charge in [0.2, 0.25) is 0 Å². The molecule has 0 atom stereocenters. The second-order valence-electron chi connectivity index (χ2n) is 6.76. The number of hydrogen-bond donors (Lipinski definition) is 2. The van der Waals surface area contributed by atoms with Gasteiger partial charge in [-0.05, 0) is 60.9 Å². The van der Waals surface area contributed by atoms with Crippen molar-refractivity contribution >= 4 is 6.03 Å². The van der Waals surface area contributed by atoms with Gasteiger partial charge in [-0.1, -0.05) is 35.9 Å². The Hall–Kier alpha value is -2.49. The summed E-state index contributed by atoms with van der Waals surface area (Å²) in [6, 6.07) is 12.3. The molecule has 0 spiro atoms. The van der Waals surface area contributed by atoms with Crippen molar-refractivity contribution in [2.45, 2.75) is 45.7 Å². The van der Waals surface area contributed by atoms with E-state index in [-0.39, 0.29) is 6.03 Å². The van der Waals surface area contributed by atoms with E-state index in [0.717, 1.165) is 16.9 Å². The summed E-state index contributed by atoms with van der Waals surface area (Å²) in [6.45, 7) is 5.14. The molecule has 0 heterocycles. The smallest absolute Gasteiger partial charge is 0.315 e.